The van der Waals surface area contributed by atoms with Gasteiger partial charge >= 0.3 is 164 Å². The molecule has 0 aromatic heterocycles. The predicted molar refractivity (Wildman–Crippen MR) is 110 cm³/mol. The Morgan fingerprint density at radius 3 is 1.61 bits per heavy atom. The SMILES string of the molecule is CC1=C(C)C(C)[C]([Ti+2](=[C](C)C)[CH]2c3ccccc3-c3ccccc32)=C1C.[Cl-].[Cl-]. The molecular formula is C25H28Cl2Ti. The summed E-state index contributed by atoms with van der Waals surface area (Å²) in [4.78, 5) is 0. The van der Waals surface area contributed by atoms with Crippen LogP contribution in [-0.4, -0.2) is 3.81 Å². The summed E-state index contributed by atoms with van der Waals surface area (Å²) in [5.41, 5.74) is 10.8. The molecule has 0 fully saturated rings. The Labute approximate surface area is 188 Å². The zero-order valence-electron chi connectivity index (χ0n) is 17.5. The molecule has 28 heavy (non-hydrogen) atoms. The zero-order valence-corrected chi connectivity index (χ0v) is 20.6. The van der Waals surface area contributed by atoms with Crippen molar-refractivity contribution >= 4 is 3.81 Å². The molecule has 146 valence electrons. The summed E-state index contributed by atoms with van der Waals surface area (Å²) in [7, 11) is 0. The smallest absolute Gasteiger partial charge is 1.00 e. The van der Waals surface area contributed by atoms with Gasteiger partial charge < -0.3 is 24.8 Å². The topological polar surface area (TPSA) is 0 Å². The van der Waals surface area contributed by atoms with E-state index in [2.05, 4.69) is 90.1 Å². The normalized spacial score (nSPS) is 17.4. The van der Waals surface area contributed by atoms with Crippen LogP contribution in [0.4, 0.5) is 0 Å². The summed E-state index contributed by atoms with van der Waals surface area (Å²) in [6.07, 6.45) is 0. The van der Waals surface area contributed by atoms with Crippen molar-refractivity contribution in [3.05, 3.63) is 80.3 Å². The third kappa shape index (κ3) is 3.43. The summed E-state index contributed by atoms with van der Waals surface area (Å²) >= 11 is -1.68. The van der Waals surface area contributed by atoms with Crippen molar-refractivity contribution in [2.24, 2.45) is 5.92 Å². The minimum Gasteiger partial charge on any atom is -1.00 e. The van der Waals surface area contributed by atoms with E-state index in [1.807, 2.05) is 0 Å². The molecule has 0 N–H and O–H groups in total. The van der Waals surface area contributed by atoms with Crippen molar-refractivity contribution in [1.29, 1.82) is 0 Å². The van der Waals surface area contributed by atoms with Gasteiger partial charge in [0.1, 0.15) is 0 Å². The number of rotatable bonds is 2. The van der Waals surface area contributed by atoms with Gasteiger partial charge in [-0.05, 0) is 0 Å². The Hall–Kier alpha value is -0.916. The quantitative estimate of drug-likeness (QED) is 0.600. The zero-order chi connectivity index (χ0) is 18.6. The van der Waals surface area contributed by atoms with E-state index in [1.54, 1.807) is 35.5 Å². The maximum atomic E-state index is 2.44. The van der Waals surface area contributed by atoms with Crippen molar-refractivity contribution in [1.82, 2.24) is 0 Å². The second kappa shape index (κ2) is 8.84. The first-order valence-corrected chi connectivity index (χ1v) is 12.1. The largest absolute Gasteiger partial charge is 1.00 e. The minimum absolute atomic E-state index is 0. The molecule has 2 aliphatic carbocycles. The van der Waals surface area contributed by atoms with E-state index in [0.717, 1.165) is 0 Å². The molecule has 0 aliphatic heterocycles. The van der Waals surface area contributed by atoms with Crippen LogP contribution in [0.2, 0.25) is 0 Å². The second-order valence-electron chi connectivity index (χ2n) is 8.09. The molecule has 0 heterocycles. The van der Waals surface area contributed by atoms with Crippen LogP contribution in [0.3, 0.4) is 0 Å². The fourth-order valence-electron chi connectivity index (χ4n) is 4.98. The standard InChI is InChI=1S/C13H9.C9H13.C3H6.2ClH.Ti/c1-3-7-12-10(5-1)9-11-6-2-4-8-13(11)12;1-6-5-7(2)9(4)8(6)3;1-3-2;;;/h1-9H;6H,1-4H3;1-2H3;2*1H;/q;;;;;+2/p-2. The van der Waals surface area contributed by atoms with Gasteiger partial charge in [0.05, 0.1) is 0 Å². The van der Waals surface area contributed by atoms with Crippen LogP contribution >= 0.6 is 0 Å². The molecule has 0 saturated carbocycles. The van der Waals surface area contributed by atoms with Gasteiger partial charge in [-0.2, -0.15) is 0 Å². The van der Waals surface area contributed by atoms with Crippen molar-refractivity contribution in [3.8, 4) is 11.1 Å². The van der Waals surface area contributed by atoms with E-state index >= 15 is 0 Å². The molecule has 2 aliphatic rings. The number of halogens is 2. The van der Waals surface area contributed by atoms with E-state index in [0.29, 0.717) is 10.1 Å². The Kier molecular flexibility index (Phi) is 7.38. The van der Waals surface area contributed by atoms with Crippen molar-refractivity contribution < 1.29 is 42.2 Å². The van der Waals surface area contributed by atoms with Crippen LogP contribution < -0.4 is 24.8 Å². The van der Waals surface area contributed by atoms with Gasteiger partial charge in [0.2, 0.25) is 0 Å². The second-order valence-corrected chi connectivity index (χ2v) is 12.7. The fourth-order valence-corrected chi connectivity index (χ4v) is 11.0. The Bertz CT molecular complexity index is 961. The Morgan fingerprint density at radius 2 is 1.21 bits per heavy atom. The predicted octanol–water partition coefficient (Wildman–Crippen LogP) is 0.855. The van der Waals surface area contributed by atoms with Crippen LogP contribution in [0.15, 0.2) is 69.1 Å². The van der Waals surface area contributed by atoms with Gasteiger partial charge in [-0.15, -0.1) is 0 Å². The van der Waals surface area contributed by atoms with Gasteiger partial charge in [-0.25, -0.2) is 0 Å². The van der Waals surface area contributed by atoms with E-state index in [1.165, 1.54) is 11.1 Å². The molecule has 4 rings (SSSR count). The van der Waals surface area contributed by atoms with E-state index in [9.17, 15) is 0 Å². The van der Waals surface area contributed by atoms with E-state index in [4.69, 9.17) is 0 Å². The van der Waals surface area contributed by atoms with Crippen molar-refractivity contribution in [3.63, 3.8) is 0 Å². The van der Waals surface area contributed by atoms with Crippen LogP contribution in [0.5, 0.6) is 0 Å². The fraction of sp³-hybridized carbons (Fsp3) is 0.320. The summed E-state index contributed by atoms with van der Waals surface area (Å²) in [6.45, 7) is 14.3. The van der Waals surface area contributed by atoms with Crippen molar-refractivity contribution in [2.45, 2.75) is 45.8 Å². The number of hydrogen-bond donors (Lipinski definition) is 0. The average molecular weight is 447 g/mol. The summed E-state index contributed by atoms with van der Waals surface area (Å²) in [6, 6.07) is 18.3. The minimum atomic E-state index is -1.68. The number of allylic oxidation sites excluding steroid dienone is 4. The molecule has 0 nitrogen and oxygen atoms in total. The number of fused-ring (bicyclic) bond motifs is 3. The Balaban J connectivity index is 0.00000140. The average Bonchev–Trinajstić information content (AvgIpc) is 3.06. The number of hydrogen-bond acceptors (Lipinski definition) is 0. The molecule has 2 aromatic rings. The maximum absolute atomic E-state index is 2.44. The summed E-state index contributed by atoms with van der Waals surface area (Å²) in [5, 5.41) is 0. The first-order valence-electron chi connectivity index (χ1n) is 9.68. The van der Waals surface area contributed by atoms with Crippen LogP contribution in [0, 0.1) is 5.92 Å². The van der Waals surface area contributed by atoms with Crippen LogP contribution in [0.25, 0.3) is 11.1 Å². The van der Waals surface area contributed by atoms with Gasteiger partial charge in [-0.3, -0.25) is 0 Å². The first-order chi connectivity index (χ1) is 12.4. The molecule has 0 spiro atoms. The summed E-state index contributed by atoms with van der Waals surface area (Å²) < 4.78 is 4.08. The third-order valence-electron chi connectivity index (χ3n) is 6.59. The molecular weight excluding hydrogens is 419 g/mol. The third-order valence-corrected chi connectivity index (χ3v) is 12.3. The maximum Gasteiger partial charge on any atom is -1.00 e. The summed E-state index contributed by atoms with van der Waals surface area (Å²) in [5.74, 6) is 0.611. The molecule has 2 aromatic carbocycles. The van der Waals surface area contributed by atoms with Crippen molar-refractivity contribution in [2.75, 3.05) is 0 Å². The van der Waals surface area contributed by atoms with Gasteiger partial charge in [0.25, 0.3) is 0 Å². The molecule has 3 heteroatoms. The molecule has 0 radical (unpaired) electrons. The van der Waals surface area contributed by atoms with E-state index < -0.39 is 17.4 Å². The van der Waals surface area contributed by atoms with E-state index in [-0.39, 0.29) is 24.8 Å². The van der Waals surface area contributed by atoms with Gasteiger partial charge in [0, 0.05) is 0 Å². The molecule has 0 amide bonds. The van der Waals surface area contributed by atoms with Gasteiger partial charge in [0.15, 0.2) is 0 Å². The molecule has 0 saturated heterocycles. The molecule has 1 unspecified atom stereocenters. The number of benzene rings is 2. The van der Waals surface area contributed by atoms with Gasteiger partial charge in [-0.1, -0.05) is 0 Å². The Morgan fingerprint density at radius 1 is 0.750 bits per heavy atom. The van der Waals surface area contributed by atoms with Crippen LogP contribution in [0.1, 0.15) is 56.9 Å². The monoisotopic (exact) mass is 446 g/mol. The van der Waals surface area contributed by atoms with Crippen LogP contribution in [-0.2, 0) is 17.4 Å². The molecule has 1 atom stereocenters. The molecule has 0 bridgehead atoms. The first kappa shape index (κ1) is 23.4.